The number of nitrogens with two attached hydrogens (primary N) is 1. The molecule has 0 aromatic heterocycles. The lowest BCUT2D eigenvalue weighted by molar-refractivity contribution is 0.0733. The van der Waals surface area contributed by atoms with Crippen LogP contribution in [-0.4, -0.2) is 31.8 Å². The van der Waals surface area contributed by atoms with Crippen LogP contribution in [0.1, 0.15) is 36.5 Å². The number of hydrogen-bond donors (Lipinski definition) is 1. The Labute approximate surface area is 123 Å². The first-order chi connectivity index (χ1) is 9.34. The van der Waals surface area contributed by atoms with E-state index in [4.69, 9.17) is 16.7 Å². The lowest BCUT2D eigenvalue weighted by atomic mass is 10.1. The topological polar surface area (TPSA) is 80.5 Å². The fraction of sp³-hybridized carbons (Fsp3) is 0.462. The molecule has 0 spiro atoms. The minimum absolute atomic E-state index is 0.0255. The number of rotatable bonds is 3. The molecule has 1 aliphatic rings. The van der Waals surface area contributed by atoms with E-state index < -0.39 is 10.0 Å². The van der Waals surface area contributed by atoms with Gasteiger partial charge in [0.05, 0.1) is 5.02 Å². The lowest BCUT2D eigenvalue weighted by Gasteiger charge is -2.23. The van der Waals surface area contributed by atoms with Gasteiger partial charge >= 0.3 is 0 Å². The van der Waals surface area contributed by atoms with Gasteiger partial charge in [-0.05, 0) is 37.5 Å². The normalized spacial score (nSPS) is 19.4. The van der Waals surface area contributed by atoms with Crippen LogP contribution in [0.25, 0.3) is 0 Å². The zero-order valence-electron chi connectivity index (χ0n) is 11.2. The van der Waals surface area contributed by atoms with E-state index in [1.807, 2.05) is 6.92 Å². The molecule has 0 radical (unpaired) electrons. The van der Waals surface area contributed by atoms with Gasteiger partial charge in [0.25, 0.3) is 5.91 Å². The summed E-state index contributed by atoms with van der Waals surface area (Å²) < 4.78 is 22.9. The van der Waals surface area contributed by atoms with Gasteiger partial charge in [0.15, 0.2) is 0 Å². The minimum Gasteiger partial charge on any atom is -0.336 e. The summed E-state index contributed by atoms with van der Waals surface area (Å²) in [5.41, 5.74) is 0.304. The minimum atomic E-state index is -3.93. The predicted octanol–water partition coefficient (Wildman–Crippen LogP) is 2.00. The molecule has 1 fully saturated rings. The average molecular weight is 317 g/mol. The Morgan fingerprint density at radius 3 is 2.80 bits per heavy atom. The summed E-state index contributed by atoms with van der Waals surface area (Å²) >= 11 is 5.82. The van der Waals surface area contributed by atoms with Crippen LogP contribution in [0.5, 0.6) is 0 Å². The summed E-state index contributed by atoms with van der Waals surface area (Å²) in [5, 5.41) is 5.12. The molecule has 20 heavy (non-hydrogen) atoms. The first-order valence-corrected chi connectivity index (χ1v) is 8.40. The van der Waals surface area contributed by atoms with E-state index in [1.54, 1.807) is 4.90 Å². The maximum absolute atomic E-state index is 12.5. The number of nitrogens with zero attached hydrogens (tertiary/aromatic N) is 1. The Morgan fingerprint density at radius 1 is 1.50 bits per heavy atom. The van der Waals surface area contributed by atoms with Crippen molar-refractivity contribution in [2.75, 3.05) is 6.54 Å². The van der Waals surface area contributed by atoms with Gasteiger partial charge in [-0.2, -0.15) is 0 Å². The largest absolute Gasteiger partial charge is 0.336 e. The number of likely N-dealkylation sites (tertiary alicyclic amines) is 1. The number of benzene rings is 1. The summed E-state index contributed by atoms with van der Waals surface area (Å²) in [6.45, 7) is 2.73. The van der Waals surface area contributed by atoms with Crippen LogP contribution < -0.4 is 5.14 Å². The van der Waals surface area contributed by atoms with Gasteiger partial charge in [-0.1, -0.05) is 18.5 Å². The quantitative estimate of drug-likeness (QED) is 0.926. The van der Waals surface area contributed by atoms with Gasteiger partial charge in [-0.25, -0.2) is 13.6 Å². The SMILES string of the molecule is CCC1CCCN1C(=O)c1ccc(Cl)c(S(N)(=O)=O)c1. The van der Waals surface area contributed by atoms with Gasteiger partial charge in [0, 0.05) is 18.2 Å². The third kappa shape index (κ3) is 2.97. The molecule has 2 N–H and O–H groups in total. The van der Waals surface area contributed by atoms with Crippen LogP contribution >= 0.6 is 11.6 Å². The molecule has 110 valence electrons. The number of hydrogen-bond acceptors (Lipinski definition) is 3. The highest BCUT2D eigenvalue weighted by Crippen LogP contribution is 2.26. The maximum atomic E-state index is 12.5. The van der Waals surface area contributed by atoms with Crippen LogP contribution in [0.2, 0.25) is 5.02 Å². The molecule has 0 saturated carbocycles. The highest BCUT2D eigenvalue weighted by molar-refractivity contribution is 7.89. The van der Waals surface area contributed by atoms with Crippen LogP contribution in [0.15, 0.2) is 23.1 Å². The molecule has 0 aliphatic carbocycles. The second-order valence-electron chi connectivity index (χ2n) is 4.89. The number of carbonyl (C=O) groups is 1. The standard InChI is InChI=1S/C13H17ClN2O3S/c1-2-10-4-3-7-16(10)13(17)9-5-6-11(14)12(8-9)20(15,18)19/h5-6,8,10H,2-4,7H2,1H3,(H2,15,18,19). The van der Waals surface area contributed by atoms with Crippen molar-refractivity contribution in [2.45, 2.75) is 37.1 Å². The Bertz CT molecular complexity index is 631. The molecule has 1 aromatic carbocycles. The second kappa shape index (κ2) is 5.71. The van der Waals surface area contributed by atoms with Gasteiger partial charge in [0.2, 0.25) is 10.0 Å². The molecule has 1 atom stereocenters. The summed E-state index contributed by atoms with van der Waals surface area (Å²) in [5.74, 6) is -0.170. The van der Waals surface area contributed by atoms with E-state index >= 15 is 0 Å². The zero-order chi connectivity index (χ0) is 14.9. The Hall–Kier alpha value is -1.11. The van der Waals surface area contributed by atoms with E-state index in [0.29, 0.717) is 12.1 Å². The fourth-order valence-corrected chi connectivity index (χ4v) is 3.62. The number of amides is 1. The van der Waals surface area contributed by atoms with Crippen molar-refractivity contribution < 1.29 is 13.2 Å². The van der Waals surface area contributed by atoms with E-state index in [-0.39, 0.29) is 21.9 Å². The summed E-state index contributed by atoms with van der Waals surface area (Å²) in [7, 11) is -3.93. The van der Waals surface area contributed by atoms with Crippen LogP contribution in [0.4, 0.5) is 0 Å². The van der Waals surface area contributed by atoms with Crippen molar-refractivity contribution in [3.8, 4) is 0 Å². The molecule has 1 unspecified atom stereocenters. The first-order valence-electron chi connectivity index (χ1n) is 6.48. The molecule has 1 aliphatic heterocycles. The van der Waals surface area contributed by atoms with Crippen molar-refractivity contribution in [2.24, 2.45) is 5.14 Å². The van der Waals surface area contributed by atoms with Gasteiger partial charge in [0.1, 0.15) is 4.90 Å². The molecule has 1 heterocycles. The van der Waals surface area contributed by atoms with E-state index in [1.165, 1.54) is 18.2 Å². The lowest BCUT2D eigenvalue weighted by Crippen LogP contribution is -2.35. The molecule has 0 bridgehead atoms. The zero-order valence-corrected chi connectivity index (χ0v) is 12.7. The van der Waals surface area contributed by atoms with Crippen LogP contribution in [0.3, 0.4) is 0 Å². The van der Waals surface area contributed by atoms with E-state index in [2.05, 4.69) is 0 Å². The van der Waals surface area contributed by atoms with Crippen molar-refractivity contribution in [3.05, 3.63) is 28.8 Å². The van der Waals surface area contributed by atoms with Crippen molar-refractivity contribution >= 4 is 27.5 Å². The number of carbonyl (C=O) groups excluding carboxylic acids is 1. The maximum Gasteiger partial charge on any atom is 0.254 e. The third-order valence-corrected chi connectivity index (χ3v) is 4.99. The van der Waals surface area contributed by atoms with Gasteiger partial charge < -0.3 is 4.90 Å². The van der Waals surface area contributed by atoms with Crippen LogP contribution in [0, 0.1) is 0 Å². The smallest absolute Gasteiger partial charge is 0.254 e. The summed E-state index contributed by atoms with van der Waals surface area (Å²) in [6.07, 6.45) is 2.85. The average Bonchev–Trinajstić information content (AvgIpc) is 2.85. The number of primary sulfonamides is 1. The van der Waals surface area contributed by atoms with Gasteiger partial charge in [-0.15, -0.1) is 0 Å². The van der Waals surface area contributed by atoms with E-state index in [0.717, 1.165) is 19.3 Å². The Balaban J connectivity index is 2.36. The van der Waals surface area contributed by atoms with E-state index in [9.17, 15) is 13.2 Å². The van der Waals surface area contributed by atoms with Crippen molar-refractivity contribution in [1.82, 2.24) is 4.90 Å². The highest BCUT2D eigenvalue weighted by atomic mass is 35.5. The highest BCUT2D eigenvalue weighted by Gasteiger charge is 2.28. The van der Waals surface area contributed by atoms with Crippen molar-refractivity contribution in [3.63, 3.8) is 0 Å². The van der Waals surface area contributed by atoms with Crippen molar-refractivity contribution in [1.29, 1.82) is 0 Å². The molecular weight excluding hydrogens is 300 g/mol. The predicted molar refractivity (Wildman–Crippen MR) is 77.2 cm³/mol. The van der Waals surface area contributed by atoms with Crippen LogP contribution in [-0.2, 0) is 10.0 Å². The molecule has 2 rings (SSSR count). The Kier molecular flexibility index (Phi) is 4.36. The Morgan fingerprint density at radius 2 is 2.20 bits per heavy atom. The summed E-state index contributed by atoms with van der Waals surface area (Å²) in [6, 6.07) is 4.40. The first kappa shape index (κ1) is 15.3. The fourth-order valence-electron chi connectivity index (χ4n) is 2.55. The second-order valence-corrected chi connectivity index (χ2v) is 6.83. The summed E-state index contributed by atoms with van der Waals surface area (Å²) in [4.78, 5) is 14.0. The monoisotopic (exact) mass is 316 g/mol. The number of sulfonamides is 1. The third-order valence-electron chi connectivity index (χ3n) is 3.59. The molecule has 1 aromatic rings. The van der Waals surface area contributed by atoms with Gasteiger partial charge in [-0.3, -0.25) is 4.79 Å². The molecule has 1 amide bonds. The molecule has 5 nitrogen and oxygen atoms in total. The molecule has 7 heteroatoms. The number of halogens is 1. The molecular formula is C13H17ClN2O3S. The molecule has 1 saturated heterocycles.